The lowest BCUT2D eigenvalue weighted by Gasteiger charge is -2.37. The molecule has 7 heteroatoms. The van der Waals surface area contributed by atoms with Crippen molar-refractivity contribution in [2.75, 3.05) is 11.4 Å². The van der Waals surface area contributed by atoms with Gasteiger partial charge in [0.05, 0.1) is 0 Å². The van der Waals surface area contributed by atoms with E-state index >= 15 is 0 Å². The molecule has 0 aliphatic carbocycles. The highest BCUT2D eigenvalue weighted by Gasteiger charge is 2.28. The summed E-state index contributed by atoms with van der Waals surface area (Å²) in [5.41, 5.74) is 1.20. The predicted octanol–water partition coefficient (Wildman–Crippen LogP) is 1.31. The van der Waals surface area contributed by atoms with E-state index in [1.807, 2.05) is 18.2 Å². The van der Waals surface area contributed by atoms with E-state index < -0.39 is 0 Å². The molecule has 2 N–H and O–H groups in total. The number of carbonyl (C=O) groups excluding carboxylic acids is 1. The summed E-state index contributed by atoms with van der Waals surface area (Å²) in [6.07, 6.45) is 3.12. The number of rotatable bonds is 5. The van der Waals surface area contributed by atoms with Crippen LogP contribution in [0.15, 0.2) is 30.3 Å². The lowest BCUT2D eigenvalue weighted by molar-refractivity contribution is -0.121. The summed E-state index contributed by atoms with van der Waals surface area (Å²) in [5, 5.41) is 17.2. The van der Waals surface area contributed by atoms with Crippen molar-refractivity contribution in [1.29, 1.82) is 0 Å². The van der Waals surface area contributed by atoms with Crippen LogP contribution in [0, 0.1) is 0 Å². The van der Waals surface area contributed by atoms with E-state index in [1.54, 1.807) is 0 Å². The van der Waals surface area contributed by atoms with Gasteiger partial charge in [-0.05, 0) is 42.2 Å². The third kappa shape index (κ3) is 4.06. The second-order valence-electron chi connectivity index (χ2n) is 6.04. The van der Waals surface area contributed by atoms with Crippen molar-refractivity contribution in [2.24, 2.45) is 0 Å². The minimum atomic E-state index is 0.126. The number of amides is 1. The lowest BCUT2D eigenvalue weighted by Crippen LogP contribution is -2.49. The standard InChI is InChI=1S/C16H22N6O/c1-12-11-14(9-10-22(12)16-18-20-21-19-16)17-15(23)8-7-13-5-3-2-4-6-13/h2-6,12,14H,7-11H2,1H3,(H,17,23)(H,18,19,20,21). The van der Waals surface area contributed by atoms with Crippen molar-refractivity contribution in [3.63, 3.8) is 0 Å². The first-order chi connectivity index (χ1) is 11.2. The molecular formula is C16H22N6O. The van der Waals surface area contributed by atoms with Crippen molar-refractivity contribution in [3.05, 3.63) is 35.9 Å². The molecule has 1 aliphatic rings. The number of piperidine rings is 1. The maximum atomic E-state index is 12.1. The fraction of sp³-hybridized carbons (Fsp3) is 0.500. The van der Waals surface area contributed by atoms with Gasteiger partial charge in [0.25, 0.3) is 0 Å². The molecule has 23 heavy (non-hydrogen) atoms. The van der Waals surface area contributed by atoms with E-state index in [2.05, 4.69) is 49.9 Å². The van der Waals surface area contributed by atoms with Gasteiger partial charge >= 0.3 is 0 Å². The van der Waals surface area contributed by atoms with E-state index in [-0.39, 0.29) is 18.0 Å². The van der Waals surface area contributed by atoms with Crippen LogP contribution in [-0.4, -0.2) is 45.2 Å². The van der Waals surface area contributed by atoms with Crippen molar-refractivity contribution in [1.82, 2.24) is 25.9 Å². The maximum Gasteiger partial charge on any atom is 0.243 e. The Morgan fingerprint density at radius 3 is 2.91 bits per heavy atom. The number of hydrogen-bond acceptors (Lipinski definition) is 5. The summed E-state index contributed by atoms with van der Waals surface area (Å²) in [6, 6.07) is 10.6. The molecule has 1 aromatic carbocycles. The van der Waals surface area contributed by atoms with E-state index in [4.69, 9.17) is 0 Å². The molecule has 0 saturated carbocycles. The summed E-state index contributed by atoms with van der Waals surface area (Å²) in [6.45, 7) is 2.96. The molecular weight excluding hydrogens is 292 g/mol. The zero-order valence-electron chi connectivity index (χ0n) is 13.3. The number of aromatic nitrogens is 4. The highest BCUT2D eigenvalue weighted by molar-refractivity contribution is 5.76. The monoisotopic (exact) mass is 314 g/mol. The van der Waals surface area contributed by atoms with Crippen LogP contribution in [-0.2, 0) is 11.2 Å². The Hall–Kier alpha value is -2.44. The fourth-order valence-corrected chi connectivity index (χ4v) is 3.10. The van der Waals surface area contributed by atoms with Crippen LogP contribution in [0.5, 0.6) is 0 Å². The Balaban J connectivity index is 1.45. The molecule has 1 aromatic heterocycles. The van der Waals surface area contributed by atoms with Crippen LogP contribution in [0.3, 0.4) is 0 Å². The first-order valence-corrected chi connectivity index (χ1v) is 8.06. The highest BCUT2D eigenvalue weighted by Crippen LogP contribution is 2.21. The Morgan fingerprint density at radius 1 is 1.39 bits per heavy atom. The van der Waals surface area contributed by atoms with Gasteiger partial charge in [0, 0.05) is 25.0 Å². The van der Waals surface area contributed by atoms with Gasteiger partial charge in [0.15, 0.2) is 0 Å². The van der Waals surface area contributed by atoms with Crippen molar-refractivity contribution < 1.29 is 4.79 Å². The number of anilines is 1. The molecule has 0 spiro atoms. The molecule has 1 fully saturated rings. The van der Waals surface area contributed by atoms with Crippen molar-refractivity contribution >= 4 is 11.9 Å². The van der Waals surface area contributed by atoms with Crippen LogP contribution < -0.4 is 10.2 Å². The van der Waals surface area contributed by atoms with Gasteiger partial charge in [0.1, 0.15) is 0 Å². The molecule has 1 aliphatic heterocycles. The normalized spacial score (nSPS) is 21.2. The number of carbonyl (C=O) groups is 1. The van der Waals surface area contributed by atoms with Gasteiger partial charge in [-0.15, -0.1) is 0 Å². The molecule has 2 unspecified atom stereocenters. The Kier molecular flexibility index (Phi) is 4.85. The third-order valence-electron chi connectivity index (χ3n) is 4.33. The zero-order chi connectivity index (χ0) is 16.1. The van der Waals surface area contributed by atoms with Gasteiger partial charge in [-0.2, -0.15) is 0 Å². The molecule has 2 aromatic rings. The van der Waals surface area contributed by atoms with Crippen LogP contribution in [0.2, 0.25) is 0 Å². The molecule has 122 valence electrons. The van der Waals surface area contributed by atoms with E-state index in [9.17, 15) is 4.79 Å². The van der Waals surface area contributed by atoms with Crippen molar-refractivity contribution in [3.8, 4) is 0 Å². The summed E-state index contributed by atoms with van der Waals surface area (Å²) in [7, 11) is 0. The van der Waals surface area contributed by atoms with Gasteiger partial charge in [-0.25, -0.2) is 5.10 Å². The minimum Gasteiger partial charge on any atom is -0.353 e. The quantitative estimate of drug-likeness (QED) is 0.869. The second-order valence-corrected chi connectivity index (χ2v) is 6.04. The van der Waals surface area contributed by atoms with Gasteiger partial charge in [0.2, 0.25) is 11.9 Å². The highest BCUT2D eigenvalue weighted by atomic mass is 16.1. The number of hydrogen-bond donors (Lipinski definition) is 2. The maximum absolute atomic E-state index is 12.1. The molecule has 2 atom stereocenters. The average Bonchev–Trinajstić information content (AvgIpc) is 3.08. The second kappa shape index (κ2) is 7.21. The number of H-pyrrole nitrogens is 1. The number of tetrazole rings is 1. The Bertz CT molecular complexity index is 615. The number of nitrogens with zero attached hydrogens (tertiary/aromatic N) is 4. The number of aromatic amines is 1. The summed E-state index contributed by atoms with van der Waals surface area (Å²) in [5.74, 6) is 0.826. The third-order valence-corrected chi connectivity index (χ3v) is 4.33. The Labute approximate surface area is 135 Å². The van der Waals surface area contributed by atoms with Gasteiger partial charge < -0.3 is 10.2 Å². The molecule has 1 saturated heterocycles. The van der Waals surface area contributed by atoms with Gasteiger partial charge in [-0.3, -0.25) is 4.79 Å². The first-order valence-electron chi connectivity index (χ1n) is 8.06. The SMILES string of the molecule is CC1CC(NC(=O)CCc2ccccc2)CCN1c1nnn[nH]1. The van der Waals surface area contributed by atoms with E-state index in [0.29, 0.717) is 12.4 Å². The average molecular weight is 314 g/mol. The van der Waals surface area contributed by atoms with Crippen molar-refractivity contribution in [2.45, 2.75) is 44.7 Å². The van der Waals surface area contributed by atoms with Crippen LogP contribution in [0.1, 0.15) is 31.7 Å². The van der Waals surface area contributed by atoms with E-state index in [0.717, 1.165) is 25.8 Å². The smallest absolute Gasteiger partial charge is 0.243 e. The van der Waals surface area contributed by atoms with Crippen LogP contribution in [0.25, 0.3) is 0 Å². The molecule has 3 rings (SSSR count). The summed E-state index contributed by atoms with van der Waals surface area (Å²) >= 11 is 0. The molecule has 7 nitrogen and oxygen atoms in total. The number of benzene rings is 1. The number of nitrogens with one attached hydrogen (secondary N) is 2. The molecule has 2 heterocycles. The van der Waals surface area contributed by atoms with Crippen LogP contribution >= 0.6 is 0 Å². The number of aryl methyl sites for hydroxylation is 1. The zero-order valence-corrected chi connectivity index (χ0v) is 13.3. The minimum absolute atomic E-state index is 0.126. The summed E-state index contributed by atoms with van der Waals surface area (Å²) in [4.78, 5) is 14.3. The largest absolute Gasteiger partial charge is 0.353 e. The molecule has 0 radical (unpaired) electrons. The molecule has 1 amide bonds. The predicted molar refractivity (Wildman–Crippen MR) is 86.9 cm³/mol. The van der Waals surface area contributed by atoms with Gasteiger partial charge in [-0.1, -0.05) is 35.4 Å². The Morgan fingerprint density at radius 2 is 2.22 bits per heavy atom. The fourth-order valence-electron chi connectivity index (χ4n) is 3.10. The first kappa shape index (κ1) is 15.5. The van der Waals surface area contributed by atoms with Crippen LogP contribution in [0.4, 0.5) is 5.95 Å². The summed E-state index contributed by atoms with van der Waals surface area (Å²) < 4.78 is 0. The lowest BCUT2D eigenvalue weighted by atomic mass is 9.98. The topological polar surface area (TPSA) is 86.8 Å². The van der Waals surface area contributed by atoms with E-state index in [1.165, 1.54) is 5.56 Å². The molecule has 0 bridgehead atoms.